The third-order valence-electron chi connectivity index (χ3n) is 4.64. The van der Waals surface area contributed by atoms with Crippen molar-refractivity contribution in [3.63, 3.8) is 0 Å². The SMILES string of the molecule is CCCCCCCCCCCCCCC[C@@H](O)[C@@H](N)C(=O)OC(C)C. The van der Waals surface area contributed by atoms with Crippen LogP contribution in [-0.2, 0) is 9.53 Å². The van der Waals surface area contributed by atoms with Gasteiger partial charge in [-0.2, -0.15) is 0 Å². The van der Waals surface area contributed by atoms with Gasteiger partial charge in [-0.05, 0) is 20.3 Å². The molecule has 25 heavy (non-hydrogen) atoms. The quantitative estimate of drug-likeness (QED) is 0.280. The molecule has 0 saturated carbocycles. The van der Waals surface area contributed by atoms with Crippen LogP contribution in [0.5, 0.6) is 0 Å². The van der Waals surface area contributed by atoms with Gasteiger partial charge in [0.2, 0.25) is 0 Å². The molecule has 150 valence electrons. The van der Waals surface area contributed by atoms with Crippen LogP contribution in [0.25, 0.3) is 0 Å². The molecule has 0 amide bonds. The molecule has 4 heteroatoms. The minimum atomic E-state index is -0.917. The summed E-state index contributed by atoms with van der Waals surface area (Å²) in [4.78, 5) is 11.6. The molecule has 3 N–H and O–H groups in total. The maximum atomic E-state index is 11.6. The van der Waals surface area contributed by atoms with Crippen LogP contribution in [-0.4, -0.2) is 29.3 Å². The number of hydrogen-bond acceptors (Lipinski definition) is 4. The van der Waals surface area contributed by atoms with E-state index in [1.165, 1.54) is 70.6 Å². The number of hydrogen-bond donors (Lipinski definition) is 2. The Kier molecular flexibility index (Phi) is 16.4. The maximum absolute atomic E-state index is 11.6. The van der Waals surface area contributed by atoms with Crippen LogP contribution in [0.2, 0.25) is 0 Å². The lowest BCUT2D eigenvalue weighted by Gasteiger charge is -2.18. The second kappa shape index (κ2) is 16.8. The molecule has 0 spiro atoms. The average Bonchev–Trinajstić information content (AvgIpc) is 2.57. The highest BCUT2D eigenvalue weighted by Gasteiger charge is 2.24. The smallest absolute Gasteiger partial charge is 0.325 e. The van der Waals surface area contributed by atoms with Crippen molar-refractivity contribution < 1.29 is 14.6 Å². The maximum Gasteiger partial charge on any atom is 0.325 e. The molecule has 2 atom stereocenters. The van der Waals surface area contributed by atoms with Crippen molar-refractivity contribution in [2.45, 2.75) is 129 Å². The van der Waals surface area contributed by atoms with E-state index in [1.54, 1.807) is 13.8 Å². The third-order valence-corrected chi connectivity index (χ3v) is 4.64. The van der Waals surface area contributed by atoms with Gasteiger partial charge in [0.15, 0.2) is 0 Å². The number of nitrogens with two attached hydrogens (primary N) is 1. The zero-order valence-electron chi connectivity index (χ0n) is 17.0. The second-order valence-electron chi connectivity index (χ2n) is 7.61. The molecular formula is C21H43NO3. The van der Waals surface area contributed by atoms with Gasteiger partial charge < -0.3 is 15.6 Å². The van der Waals surface area contributed by atoms with Crippen molar-refractivity contribution in [2.75, 3.05) is 0 Å². The van der Waals surface area contributed by atoms with E-state index in [4.69, 9.17) is 10.5 Å². The molecule has 0 bridgehead atoms. The Morgan fingerprint density at radius 1 is 0.840 bits per heavy atom. The molecule has 0 aliphatic rings. The standard InChI is InChI=1S/C21H43NO3/c1-4-5-6-7-8-9-10-11-12-13-14-15-16-17-19(23)20(22)21(24)25-18(2)3/h18-20,23H,4-17,22H2,1-3H3/t19-,20-/m1/s1. The van der Waals surface area contributed by atoms with E-state index in [1.807, 2.05) is 0 Å². The van der Waals surface area contributed by atoms with Crippen LogP contribution in [0.15, 0.2) is 0 Å². The van der Waals surface area contributed by atoms with Crippen molar-refractivity contribution in [1.82, 2.24) is 0 Å². The Morgan fingerprint density at radius 2 is 1.24 bits per heavy atom. The van der Waals surface area contributed by atoms with Gasteiger partial charge in [0.25, 0.3) is 0 Å². The van der Waals surface area contributed by atoms with E-state index >= 15 is 0 Å². The summed E-state index contributed by atoms with van der Waals surface area (Å²) in [7, 11) is 0. The number of rotatable bonds is 17. The van der Waals surface area contributed by atoms with Crippen molar-refractivity contribution in [3.05, 3.63) is 0 Å². The van der Waals surface area contributed by atoms with Gasteiger partial charge in [-0.3, -0.25) is 4.79 Å². The first kappa shape index (κ1) is 24.4. The molecular weight excluding hydrogens is 314 g/mol. The van der Waals surface area contributed by atoms with Crippen LogP contribution < -0.4 is 5.73 Å². The van der Waals surface area contributed by atoms with Gasteiger partial charge in [-0.15, -0.1) is 0 Å². The largest absolute Gasteiger partial charge is 0.462 e. The van der Waals surface area contributed by atoms with E-state index in [9.17, 15) is 9.90 Å². The Bertz CT molecular complexity index is 308. The number of unbranched alkanes of at least 4 members (excludes halogenated alkanes) is 12. The van der Waals surface area contributed by atoms with Crippen molar-refractivity contribution in [3.8, 4) is 0 Å². The topological polar surface area (TPSA) is 72.5 Å². The summed E-state index contributed by atoms with van der Waals surface area (Å²) in [5.41, 5.74) is 5.73. The summed E-state index contributed by atoms with van der Waals surface area (Å²) in [6, 6.07) is -0.917. The highest BCUT2D eigenvalue weighted by Crippen LogP contribution is 2.14. The highest BCUT2D eigenvalue weighted by atomic mass is 16.5. The summed E-state index contributed by atoms with van der Waals surface area (Å²) in [5, 5.41) is 9.95. The first-order chi connectivity index (χ1) is 12.0. The molecule has 0 rings (SSSR count). The van der Waals surface area contributed by atoms with E-state index in [0.717, 1.165) is 12.8 Å². The zero-order chi connectivity index (χ0) is 18.9. The summed E-state index contributed by atoms with van der Waals surface area (Å²) < 4.78 is 5.03. The Morgan fingerprint density at radius 3 is 1.64 bits per heavy atom. The highest BCUT2D eigenvalue weighted by molar-refractivity contribution is 5.76. The van der Waals surface area contributed by atoms with E-state index in [2.05, 4.69) is 6.92 Å². The van der Waals surface area contributed by atoms with Gasteiger partial charge in [0.05, 0.1) is 12.2 Å². The van der Waals surface area contributed by atoms with E-state index in [-0.39, 0.29) is 6.10 Å². The third kappa shape index (κ3) is 15.4. The molecule has 0 aliphatic heterocycles. The lowest BCUT2D eigenvalue weighted by molar-refractivity contribution is -0.151. The number of carbonyl (C=O) groups is 1. The lowest BCUT2D eigenvalue weighted by Crippen LogP contribution is -2.43. The Balaban J connectivity index is 3.39. The van der Waals surface area contributed by atoms with Gasteiger partial charge >= 0.3 is 5.97 Å². The number of esters is 1. The number of ether oxygens (including phenoxy) is 1. The van der Waals surface area contributed by atoms with Crippen LogP contribution in [0.4, 0.5) is 0 Å². The molecule has 0 heterocycles. The van der Waals surface area contributed by atoms with Gasteiger partial charge in [-0.25, -0.2) is 0 Å². The fourth-order valence-corrected chi connectivity index (χ4v) is 3.02. The average molecular weight is 358 g/mol. The second-order valence-corrected chi connectivity index (χ2v) is 7.61. The first-order valence-electron chi connectivity index (χ1n) is 10.6. The lowest BCUT2D eigenvalue weighted by atomic mass is 10.0. The Labute approximate surface area is 155 Å². The van der Waals surface area contributed by atoms with E-state index in [0.29, 0.717) is 6.42 Å². The van der Waals surface area contributed by atoms with Gasteiger partial charge in [-0.1, -0.05) is 90.4 Å². The minimum Gasteiger partial charge on any atom is -0.462 e. The van der Waals surface area contributed by atoms with Crippen molar-refractivity contribution >= 4 is 5.97 Å². The summed E-state index contributed by atoms with van der Waals surface area (Å²) in [6.07, 6.45) is 16.4. The first-order valence-corrected chi connectivity index (χ1v) is 10.6. The predicted molar refractivity (Wildman–Crippen MR) is 106 cm³/mol. The predicted octanol–water partition coefficient (Wildman–Crippen LogP) is 5.11. The molecule has 0 unspecified atom stereocenters. The number of aliphatic hydroxyl groups is 1. The molecule has 0 aromatic rings. The monoisotopic (exact) mass is 357 g/mol. The molecule has 0 fully saturated rings. The molecule has 0 aliphatic carbocycles. The van der Waals surface area contributed by atoms with Crippen LogP contribution in [0, 0.1) is 0 Å². The normalized spacial score (nSPS) is 13.8. The van der Waals surface area contributed by atoms with Crippen molar-refractivity contribution in [1.29, 1.82) is 0 Å². The summed E-state index contributed by atoms with van der Waals surface area (Å²) in [6.45, 7) is 5.82. The number of carbonyl (C=O) groups excluding carboxylic acids is 1. The summed E-state index contributed by atoms with van der Waals surface area (Å²) in [5.74, 6) is -0.503. The minimum absolute atomic E-state index is 0.193. The fraction of sp³-hybridized carbons (Fsp3) is 0.952. The molecule has 0 radical (unpaired) electrons. The molecule has 0 saturated heterocycles. The van der Waals surface area contributed by atoms with Crippen molar-refractivity contribution in [2.24, 2.45) is 5.73 Å². The van der Waals surface area contributed by atoms with Crippen LogP contribution in [0.3, 0.4) is 0 Å². The summed E-state index contributed by atoms with van der Waals surface area (Å²) >= 11 is 0. The molecule has 0 aromatic heterocycles. The Hall–Kier alpha value is -0.610. The number of aliphatic hydroxyl groups excluding tert-OH is 1. The van der Waals surface area contributed by atoms with Crippen LogP contribution in [0.1, 0.15) is 111 Å². The van der Waals surface area contributed by atoms with Gasteiger partial charge in [0, 0.05) is 0 Å². The molecule has 4 nitrogen and oxygen atoms in total. The fourth-order valence-electron chi connectivity index (χ4n) is 3.02. The molecule has 0 aromatic carbocycles. The van der Waals surface area contributed by atoms with Gasteiger partial charge in [0.1, 0.15) is 6.04 Å². The van der Waals surface area contributed by atoms with Crippen LogP contribution >= 0.6 is 0 Å². The van der Waals surface area contributed by atoms with E-state index < -0.39 is 18.1 Å². The zero-order valence-corrected chi connectivity index (χ0v) is 17.0.